The van der Waals surface area contributed by atoms with Gasteiger partial charge < -0.3 is 10.1 Å². The molecular weight excluding hydrogens is 503 g/mol. The van der Waals surface area contributed by atoms with Gasteiger partial charge in [0, 0.05) is 6.54 Å². The van der Waals surface area contributed by atoms with Gasteiger partial charge in [-0.3, -0.25) is 9.10 Å². The van der Waals surface area contributed by atoms with Crippen LogP contribution in [0.4, 0.5) is 10.1 Å². The van der Waals surface area contributed by atoms with E-state index >= 15 is 0 Å². The smallest absolute Gasteiger partial charge is 0.264 e. The zero-order valence-corrected chi connectivity index (χ0v) is 22.0. The van der Waals surface area contributed by atoms with E-state index < -0.39 is 15.9 Å². The number of amides is 1. The van der Waals surface area contributed by atoms with Crippen LogP contribution >= 0.6 is 0 Å². The molecule has 0 spiro atoms. The van der Waals surface area contributed by atoms with Crippen LogP contribution in [0.5, 0.6) is 5.75 Å². The van der Waals surface area contributed by atoms with Crippen LogP contribution < -0.4 is 14.4 Å². The molecule has 38 heavy (non-hydrogen) atoms. The number of carbonyl (C=O) groups is 1. The summed E-state index contributed by atoms with van der Waals surface area (Å²) in [5.74, 6) is -0.0899. The molecule has 6 nitrogen and oxygen atoms in total. The summed E-state index contributed by atoms with van der Waals surface area (Å²) >= 11 is 0. The highest BCUT2D eigenvalue weighted by Crippen LogP contribution is 2.25. The van der Waals surface area contributed by atoms with E-state index in [0.29, 0.717) is 18.0 Å². The number of benzene rings is 4. The highest BCUT2D eigenvalue weighted by atomic mass is 32.2. The second-order valence-electron chi connectivity index (χ2n) is 9.00. The summed E-state index contributed by atoms with van der Waals surface area (Å²) in [5, 5.41) is 2.81. The predicted octanol–water partition coefficient (Wildman–Crippen LogP) is 5.53. The lowest BCUT2D eigenvalue weighted by molar-refractivity contribution is -0.119. The van der Waals surface area contributed by atoms with Crippen molar-refractivity contribution >= 4 is 21.6 Å². The topological polar surface area (TPSA) is 75.7 Å². The van der Waals surface area contributed by atoms with Crippen molar-refractivity contribution in [1.29, 1.82) is 0 Å². The number of carbonyl (C=O) groups excluding carboxylic acids is 1. The van der Waals surface area contributed by atoms with Crippen molar-refractivity contribution in [1.82, 2.24) is 5.32 Å². The molecule has 4 aromatic rings. The Kier molecular flexibility index (Phi) is 8.43. The van der Waals surface area contributed by atoms with Crippen LogP contribution in [0.2, 0.25) is 0 Å². The number of ether oxygens (including phenoxy) is 1. The number of nitrogens with zero attached hydrogens (tertiary/aromatic N) is 1. The van der Waals surface area contributed by atoms with Crippen LogP contribution in [0, 0.1) is 19.7 Å². The minimum absolute atomic E-state index is 0.119. The van der Waals surface area contributed by atoms with Crippen LogP contribution in [-0.4, -0.2) is 20.9 Å². The zero-order chi connectivity index (χ0) is 27.1. The number of sulfonamides is 1. The van der Waals surface area contributed by atoms with Gasteiger partial charge in [0.25, 0.3) is 10.0 Å². The van der Waals surface area contributed by atoms with Gasteiger partial charge in [0.05, 0.1) is 10.6 Å². The fraction of sp³-hybridized carbons (Fsp3) is 0.167. The Bertz CT molecular complexity index is 1490. The molecule has 0 aliphatic carbocycles. The highest BCUT2D eigenvalue weighted by molar-refractivity contribution is 7.92. The molecule has 1 N–H and O–H groups in total. The number of aryl methyl sites for hydroxylation is 2. The van der Waals surface area contributed by atoms with E-state index in [1.54, 1.807) is 66.7 Å². The number of nitrogens with one attached hydrogen (secondary N) is 1. The summed E-state index contributed by atoms with van der Waals surface area (Å²) < 4.78 is 46.9. The molecule has 4 rings (SSSR count). The van der Waals surface area contributed by atoms with E-state index in [1.807, 2.05) is 32.0 Å². The molecule has 4 aromatic carbocycles. The molecule has 0 saturated heterocycles. The zero-order valence-electron chi connectivity index (χ0n) is 21.2. The van der Waals surface area contributed by atoms with Crippen LogP contribution in [-0.2, 0) is 28.0 Å². The third-order valence-corrected chi connectivity index (χ3v) is 7.71. The number of rotatable bonds is 10. The molecule has 0 heterocycles. The first kappa shape index (κ1) is 26.9. The van der Waals surface area contributed by atoms with Crippen molar-refractivity contribution in [3.63, 3.8) is 0 Å². The standard InChI is InChI=1S/C30H29FN2O4S/c1-22-6-16-29(17-7-22)38(35,36)33(27-5-3-4-23(2)18-27)20-30(34)32-19-24-10-14-28(15-11-24)37-21-25-8-12-26(31)13-9-25/h3-18H,19-21H2,1-2H3,(H,32,34). The van der Waals surface area contributed by atoms with E-state index in [1.165, 1.54) is 12.1 Å². The Morgan fingerprint density at radius 1 is 0.842 bits per heavy atom. The monoisotopic (exact) mass is 532 g/mol. The van der Waals surface area contributed by atoms with Crippen LogP contribution in [0.15, 0.2) is 102 Å². The Labute approximate surface area is 222 Å². The molecule has 0 aliphatic heterocycles. The Morgan fingerprint density at radius 3 is 2.16 bits per heavy atom. The van der Waals surface area contributed by atoms with Gasteiger partial charge >= 0.3 is 0 Å². The lowest BCUT2D eigenvalue weighted by Gasteiger charge is -2.24. The number of halogens is 1. The van der Waals surface area contributed by atoms with Gasteiger partial charge in [-0.05, 0) is 79.1 Å². The molecule has 0 unspecified atom stereocenters. The summed E-state index contributed by atoms with van der Waals surface area (Å²) in [5.41, 5.74) is 3.92. The first-order chi connectivity index (χ1) is 18.2. The van der Waals surface area contributed by atoms with Crippen molar-refractivity contribution in [2.45, 2.75) is 31.9 Å². The molecule has 0 bridgehead atoms. The summed E-state index contributed by atoms with van der Waals surface area (Å²) in [7, 11) is -3.97. The van der Waals surface area contributed by atoms with Gasteiger partial charge in [0.1, 0.15) is 24.7 Å². The normalized spacial score (nSPS) is 11.1. The molecule has 0 radical (unpaired) electrons. The number of hydrogen-bond acceptors (Lipinski definition) is 4. The average Bonchev–Trinajstić information content (AvgIpc) is 2.91. The third-order valence-electron chi connectivity index (χ3n) is 5.92. The Balaban J connectivity index is 1.40. The fourth-order valence-corrected chi connectivity index (χ4v) is 5.19. The van der Waals surface area contributed by atoms with Crippen molar-refractivity contribution in [2.75, 3.05) is 10.8 Å². The van der Waals surface area contributed by atoms with Crippen molar-refractivity contribution in [2.24, 2.45) is 0 Å². The second kappa shape index (κ2) is 11.9. The lowest BCUT2D eigenvalue weighted by atomic mass is 10.2. The van der Waals surface area contributed by atoms with Crippen molar-refractivity contribution in [3.05, 3.63) is 125 Å². The maximum atomic E-state index is 13.5. The van der Waals surface area contributed by atoms with E-state index in [4.69, 9.17) is 4.74 Å². The van der Waals surface area contributed by atoms with E-state index in [9.17, 15) is 17.6 Å². The molecule has 8 heteroatoms. The van der Waals surface area contributed by atoms with E-state index in [-0.39, 0.29) is 23.8 Å². The molecule has 0 aliphatic rings. The molecule has 0 aromatic heterocycles. The quantitative estimate of drug-likeness (QED) is 0.291. The van der Waals surface area contributed by atoms with Gasteiger partial charge in [-0.1, -0.05) is 54.1 Å². The minimum Gasteiger partial charge on any atom is -0.489 e. The predicted molar refractivity (Wildman–Crippen MR) is 146 cm³/mol. The first-order valence-electron chi connectivity index (χ1n) is 12.1. The minimum atomic E-state index is -3.97. The van der Waals surface area contributed by atoms with Gasteiger partial charge in [0.15, 0.2) is 0 Å². The summed E-state index contributed by atoms with van der Waals surface area (Å²) in [6, 6.07) is 26.9. The molecule has 196 valence electrons. The molecule has 1 amide bonds. The second-order valence-corrected chi connectivity index (χ2v) is 10.9. The number of hydrogen-bond donors (Lipinski definition) is 1. The molecule has 0 saturated carbocycles. The van der Waals surface area contributed by atoms with Crippen LogP contribution in [0.1, 0.15) is 22.3 Å². The van der Waals surface area contributed by atoms with Crippen molar-refractivity contribution < 1.29 is 22.3 Å². The SMILES string of the molecule is Cc1ccc(S(=O)(=O)N(CC(=O)NCc2ccc(OCc3ccc(F)cc3)cc2)c2cccc(C)c2)cc1. The number of anilines is 1. The fourth-order valence-electron chi connectivity index (χ4n) is 3.77. The summed E-state index contributed by atoms with van der Waals surface area (Å²) in [6.45, 7) is 3.92. The van der Waals surface area contributed by atoms with Crippen LogP contribution in [0.25, 0.3) is 0 Å². The van der Waals surface area contributed by atoms with Gasteiger partial charge in [0.2, 0.25) is 5.91 Å². The van der Waals surface area contributed by atoms with Gasteiger partial charge in [-0.25, -0.2) is 12.8 Å². The third kappa shape index (κ3) is 6.98. The van der Waals surface area contributed by atoms with Crippen LogP contribution in [0.3, 0.4) is 0 Å². The Hall–Kier alpha value is -4.17. The highest BCUT2D eigenvalue weighted by Gasteiger charge is 2.27. The largest absolute Gasteiger partial charge is 0.489 e. The maximum absolute atomic E-state index is 13.5. The molecular formula is C30H29FN2O4S. The maximum Gasteiger partial charge on any atom is 0.264 e. The average molecular weight is 533 g/mol. The first-order valence-corrected chi connectivity index (χ1v) is 13.5. The van der Waals surface area contributed by atoms with E-state index in [0.717, 1.165) is 26.6 Å². The van der Waals surface area contributed by atoms with Crippen molar-refractivity contribution in [3.8, 4) is 5.75 Å². The molecule has 0 atom stereocenters. The lowest BCUT2D eigenvalue weighted by Crippen LogP contribution is -2.40. The van der Waals surface area contributed by atoms with E-state index in [2.05, 4.69) is 5.32 Å². The summed E-state index contributed by atoms with van der Waals surface area (Å²) in [6.07, 6.45) is 0. The van der Waals surface area contributed by atoms with Gasteiger partial charge in [-0.2, -0.15) is 0 Å². The van der Waals surface area contributed by atoms with Gasteiger partial charge in [-0.15, -0.1) is 0 Å². The Morgan fingerprint density at radius 2 is 1.50 bits per heavy atom. The molecule has 0 fully saturated rings. The summed E-state index contributed by atoms with van der Waals surface area (Å²) in [4.78, 5) is 13.0.